The van der Waals surface area contributed by atoms with Crippen molar-refractivity contribution in [2.24, 2.45) is 0 Å². The van der Waals surface area contributed by atoms with E-state index in [4.69, 9.17) is 19.2 Å². The number of ether oxygens (including phenoxy) is 1. The van der Waals surface area contributed by atoms with Gasteiger partial charge in [-0.3, -0.25) is 4.67 Å². The topological polar surface area (TPSA) is 79.3 Å². The second-order valence-corrected chi connectivity index (χ2v) is 6.10. The van der Waals surface area contributed by atoms with E-state index in [1.54, 1.807) is 4.90 Å². The van der Waals surface area contributed by atoms with E-state index in [9.17, 15) is 4.79 Å². The van der Waals surface area contributed by atoms with Gasteiger partial charge in [0.25, 0.3) is 0 Å². The number of carbonyl (C=O) groups excluding carboxylic acids is 2. The van der Waals surface area contributed by atoms with Gasteiger partial charge >= 0.3 is 6.09 Å². The summed E-state index contributed by atoms with van der Waals surface area (Å²) in [5.74, 6) is 0. The van der Waals surface area contributed by atoms with Crippen LogP contribution < -0.4 is 0 Å². The summed E-state index contributed by atoms with van der Waals surface area (Å²) in [5.41, 5.74) is 0. The molecule has 0 aliphatic carbocycles. The number of nitrogens with zero attached hydrogens (tertiary/aromatic N) is 2. The molecule has 118 valence electrons. The Balaban J connectivity index is 0.00000172. The summed E-state index contributed by atoms with van der Waals surface area (Å²) in [5, 5.41) is 8.59. The average molecular weight is 308 g/mol. The highest BCUT2D eigenvalue weighted by atomic mass is 31.2. The highest BCUT2D eigenvalue weighted by Crippen LogP contribution is 2.39. The lowest BCUT2D eigenvalue weighted by atomic mass is 10.4. The quantitative estimate of drug-likeness (QED) is 0.761. The maximum absolute atomic E-state index is 11.6. The predicted octanol–water partition coefficient (Wildman–Crippen LogP) is 0.915. The number of rotatable bonds is 5. The van der Waals surface area contributed by atoms with Gasteiger partial charge in [0.2, 0.25) is 0 Å². The van der Waals surface area contributed by atoms with Crippen LogP contribution in [0.25, 0.3) is 0 Å². The van der Waals surface area contributed by atoms with E-state index in [0.29, 0.717) is 13.1 Å². The van der Waals surface area contributed by atoms with Crippen molar-refractivity contribution in [2.45, 2.75) is 20.0 Å². The average Bonchev–Trinajstić information content (AvgIpc) is 2.46. The summed E-state index contributed by atoms with van der Waals surface area (Å²) >= 11 is 0. The summed E-state index contributed by atoms with van der Waals surface area (Å²) in [7, 11) is -0.573. The molecule has 0 bridgehead atoms. The SMILES string of the molecule is C=O.CC(C)OP(C)N1CCN(C(=O)OCCO)CC1. The first kappa shape index (κ1) is 19.2. The minimum atomic E-state index is -0.573. The highest BCUT2D eigenvalue weighted by Gasteiger charge is 2.25. The first-order chi connectivity index (χ1) is 9.54. The standard InChI is InChI=1S/C11H23N2O4P.CH2O/c1-10(2)17-18(3)13-6-4-12(5-7-13)11(15)16-9-8-14;1-2/h10,14H,4-9H2,1-3H3;1H2. The maximum atomic E-state index is 11.6. The maximum Gasteiger partial charge on any atom is 0.409 e. The van der Waals surface area contributed by atoms with E-state index >= 15 is 0 Å². The molecule has 1 aliphatic heterocycles. The van der Waals surface area contributed by atoms with E-state index in [1.165, 1.54) is 0 Å². The number of aliphatic hydroxyl groups is 1. The van der Waals surface area contributed by atoms with Crippen LogP contribution in [0.2, 0.25) is 0 Å². The van der Waals surface area contributed by atoms with Gasteiger partial charge in [-0.05, 0) is 20.5 Å². The van der Waals surface area contributed by atoms with Crippen molar-refractivity contribution in [2.75, 3.05) is 46.1 Å². The summed E-state index contributed by atoms with van der Waals surface area (Å²) in [6.07, 6.45) is -0.109. The molecule has 1 aliphatic rings. The molecule has 0 aromatic heterocycles. The summed E-state index contributed by atoms with van der Waals surface area (Å²) in [6, 6.07) is 0. The van der Waals surface area contributed by atoms with Crippen LogP contribution in [-0.2, 0) is 14.1 Å². The molecule has 20 heavy (non-hydrogen) atoms. The summed E-state index contributed by atoms with van der Waals surface area (Å²) < 4.78 is 12.9. The molecule has 0 spiro atoms. The Labute approximate surface area is 121 Å². The van der Waals surface area contributed by atoms with Crippen molar-refractivity contribution in [1.82, 2.24) is 9.57 Å². The monoisotopic (exact) mass is 308 g/mol. The Hall–Kier alpha value is -0.750. The third-order valence-electron chi connectivity index (χ3n) is 2.59. The van der Waals surface area contributed by atoms with E-state index in [0.717, 1.165) is 13.1 Å². The Bertz CT molecular complexity index is 273. The molecule has 8 heteroatoms. The van der Waals surface area contributed by atoms with Crippen LogP contribution >= 0.6 is 8.30 Å². The van der Waals surface area contributed by atoms with Crippen LogP contribution in [0.1, 0.15) is 13.8 Å². The van der Waals surface area contributed by atoms with Gasteiger partial charge in [-0.1, -0.05) is 0 Å². The zero-order chi connectivity index (χ0) is 15.5. The van der Waals surface area contributed by atoms with Gasteiger partial charge in [0.15, 0.2) is 0 Å². The fourth-order valence-corrected chi connectivity index (χ4v) is 3.24. The lowest BCUT2D eigenvalue weighted by Crippen LogP contribution is -2.47. The molecular formula is C12H25N2O5P. The third kappa shape index (κ3) is 7.14. The van der Waals surface area contributed by atoms with Gasteiger partial charge in [0.05, 0.1) is 12.7 Å². The first-order valence-electron chi connectivity index (χ1n) is 6.51. The second-order valence-electron chi connectivity index (χ2n) is 4.40. The van der Waals surface area contributed by atoms with Crippen LogP contribution in [0.3, 0.4) is 0 Å². The molecule has 1 amide bonds. The Morgan fingerprint density at radius 2 is 1.85 bits per heavy atom. The molecule has 0 saturated carbocycles. The van der Waals surface area contributed by atoms with Crippen molar-refractivity contribution in [3.05, 3.63) is 0 Å². The van der Waals surface area contributed by atoms with E-state index in [-0.39, 0.29) is 25.4 Å². The molecule has 1 N–H and O–H groups in total. The fourth-order valence-electron chi connectivity index (χ4n) is 1.76. The number of hydrogen-bond acceptors (Lipinski definition) is 6. The van der Waals surface area contributed by atoms with Gasteiger partial charge in [-0.15, -0.1) is 0 Å². The molecule has 7 nitrogen and oxygen atoms in total. The normalized spacial score (nSPS) is 17.4. The van der Waals surface area contributed by atoms with Crippen molar-refractivity contribution < 1.29 is 24.0 Å². The van der Waals surface area contributed by atoms with Crippen molar-refractivity contribution in [3.63, 3.8) is 0 Å². The van der Waals surface area contributed by atoms with Crippen molar-refractivity contribution in [3.8, 4) is 0 Å². The highest BCUT2D eigenvalue weighted by molar-refractivity contribution is 7.49. The molecule has 1 atom stereocenters. The molecule has 0 radical (unpaired) electrons. The number of hydrogen-bond donors (Lipinski definition) is 1. The largest absolute Gasteiger partial charge is 0.447 e. The smallest absolute Gasteiger partial charge is 0.409 e. The van der Waals surface area contributed by atoms with Gasteiger partial charge in [0, 0.05) is 26.2 Å². The fraction of sp³-hybridized carbons (Fsp3) is 0.833. The van der Waals surface area contributed by atoms with Crippen LogP contribution in [0, 0.1) is 0 Å². The van der Waals surface area contributed by atoms with E-state index < -0.39 is 8.30 Å². The number of piperazine rings is 1. The van der Waals surface area contributed by atoms with Crippen LogP contribution in [-0.4, -0.2) is 79.7 Å². The molecule has 1 saturated heterocycles. The zero-order valence-electron chi connectivity index (χ0n) is 12.4. The number of aliphatic hydroxyl groups excluding tert-OH is 1. The van der Waals surface area contributed by atoms with Gasteiger partial charge in [0.1, 0.15) is 21.7 Å². The Kier molecular flexibility index (Phi) is 10.6. The molecule has 0 aromatic rings. The molecule has 1 fully saturated rings. The van der Waals surface area contributed by atoms with E-state index in [2.05, 4.69) is 11.3 Å². The predicted molar refractivity (Wildman–Crippen MR) is 77.8 cm³/mol. The second kappa shape index (κ2) is 11.0. The molecular weight excluding hydrogens is 283 g/mol. The van der Waals surface area contributed by atoms with Crippen LogP contribution in [0.5, 0.6) is 0 Å². The zero-order valence-corrected chi connectivity index (χ0v) is 13.3. The van der Waals surface area contributed by atoms with Gasteiger partial charge in [-0.25, -0.2) is 4.79 Å². The Morgan fingerprint density at radius 3 is 2.30 bits per heavy atom. The molecule has 1 heterocycles. The third-order valence-corrected chi connectivity index (χ3v) is 4.52. The van der Waals surface area contributed by atoms with Crippen LogP contribution in [0.15, 0.2) is 0 Å². The van der Waals surface area contributed by atoms with Crippen LogP contribution in [0.4, 0.5) is 4.79 Å². The summed E-state index contributed by atoms with van der Waals surface area (Å²) in [6.45, 7) is 11.0. The van der Waals surface area contributed by atoms with E-state index in [1.807, 2.05) is 20.6 Å². The lowest BCUT2D eigenvalue weighted by molar-refractivity contribution is -0.0980. The molecule has 1 unspecified atom stereocenters. The number of amides is 1. The lowest BCUT2D eigenvalue weighted by Gasteiger charge is -2.37. The first-order valence-corrected chi connectivity index (χ1v) is 8.17. The summed E-state index contributed by atoms with van der Waals surface area (Å²) in [4.78, 5) is 21.2. The minimum absolute atomic E-state index is 0.0655. The van der Waals surface area contributed by atoms with Crippen molar-refractivity contribution >= 4 is 21.2 Å². The van der Waals surface area contributed by atoms with Crippen molar-refractivity contribution in [1.29, 1.82) is 0 Å². The van der Waals surface area contributed by atoms with Gasteiger partial charge in [-0.2, -0.15) is 0 Å². The number of carbonyl (C=O) groups is 2. The Morgan fingerprint density at radius 1 is 1.30 bits per heavy atom. The molecule has 1 rings (SSSR count). The molecule has 0 aromatic carbocycles. The van der Waals surface area contributed by atoms with Gasteiger partial charge < -0.3 is 24.1 Å². The minimum Gasteiger partial charge on any atom is -0.447 e.